The number of nitrogens with zero attached hydrogens (tertiary/aromatic N) is 4. The van der Waals surface area contributed by atoms with Gasteiger partial charge in [-0.3, -0.25) is 4.79 Å². The van der Waals surface area contributed by atoms with Crippen molar-refractivity contribution in [1.82, 2.24) is 25.1 Å². The number of rotatable bonds is 5. The third kappa shape index (κ3) is 4.16. The molecule has 0 saturated carbocycles. The molecule has 2 heterocycles. The van der Waals surface area contributed by atoms with Gasteiger partial charge in [-0.25, -0.2) is 0 Å². The molecule has 0 aliphatic carbocycles. The molecule has 146 valence electrons. The number of fused-ring (bicyclic) bond motifs is 1. The van der Waals surface area contributed by atoms with Gasteiger partial charge in [0.1, 0.15) is 17.8 Å². The fourth-order valence-corrected chi connectivity index (χ4v) is 3.44. The van der Waals surface area contributed by atoms with Crippen LogP contribution in [-0.4, -0.2) is 32.8 Å². The number of aromatic nitrogens is 4. The summed E-state index contributed by atoms with van der Waals surface area (Å²) in [6, 6.07) is 14.2. The van der Waals surface area contributed by atoms with Crippen LogP contribution in [0.15, 0.2) is 54.9 Å². The van der Waals surface area contributed by atoms with Crippen LogP contribution in [0.3, 0.4) is 0 Å². The van der Waals surface area contributed by atoms with E-state index < -0.39 is 0 Å². The largest absolute Gasteiger partial charge is 0.497 e. The summed E-state index contributed by atoms with van der Waals surface area (Å²) in [6.45, 7) is 0.330. The number of carbonyl (C=O) groups excluding carboxylic acids is 1. The Balaban J connectivity index is 1.66. The molecule has 4 rings (SSSR count). The molecule has 7 nitrogen and oxygen atoms in total. The lowest BCUT2D eigenvalue weighted by Crippen LogP contribution is -2.24. The standard InChI is InChI=1S/C20H15Cl2N5O2/c1-29-16-4-2-3-12(5-16)10-23-20(28)18-9-17(19-25-24-11-27(19)26-18)13-6-14(21)8-15(22)7-13/h2-9,11H,10H2,1H3,(H,23,28). The van der Waals surface area contributed by atoms with E-state index in [1.807, 2.05) is 24.3 Å². The van der Waals surface area contributed by atoms with Crippen molar-refractivity contribution in [1.29, 1.82) is 0 Å². The molecule has 0 radical (unpaired) electrons. The number of hydrogen-bond acceptors (Lipinski definition) is 5. The molecule has 9 heteroatoms. The molecule has 29 heavy (non-hydrogen) atoms. The van der Waals surface area contributed by atoms with Crippen LogP contribution in [0.4, 0.5) is 0 Å². The lowest BCUT2D eigenvalue weighted by Gasteiger charge is -2.09. The summed E-state index contributed by atoms with van der Waals surface area (Å²) in [4.78, 5) is 12.7. The molecule has 1 N–H and O–H groups in total. The zero-order valence-corrected chi connectivity index (χ0v) is 16.8. The average molecular weight is 428 g/mol. The summed E-state index contributed by atoms with van der Waals surface area (Å²) in [6.07, 6.45) is 1.43. The zero-order chi connectivity index (χ0) is 20.4. The third-order valence-electron chi connectivity index (χ3n) is 4.26. The Morgan fingerprint density at radius 1 is 1.14 bits per heavy atom. The maximum Gasteiger partial charge on any atom is 0.272 e. The summed E-state index contributed by atoms with van der Waals surface area (Å²) in [5.74, 6) is 0.388. The van der Waals surface area contributed by atoms with E-state index in [-0.39, 0.29) is 11.6 Å². The first-order chi connectivity index (χ1) is 14.0. The highest BCUT2D eigenvalue weighted by Gasteiger charge is 2.16. The zero-order valence-electron chi connectivity index (χ0n) is 15.3. The van der Waals surface area contributed by atoms with Crippen LogP contribution in [0.2, 0.25) is 10.0 Å². The minimum atomic E-state index is -0.335. The Bertz CT molecular complexity index is 1190. The van der Waals surface area contributed by atoms with Crippen molar-refractivity contribution in [3.63, 3.8) is 0 Å². The first-order valence-electron chi connectivity index (χ1n) is 8.62. The summed E-state index contributed by atoms with van der Waals surface area (Å²) in [5, 5.41) is 16.1. The van der Waals surface area contributed by atoms with Gasteiger partial charge >= 0.3 is 0 Å². The normalized spacial score (nSPS) is 10.9. The molecule has 2 aromatic carbocycles. The SMILES string of the molecule is COc1cccc(CNC(=O)c2cc(-c3cc(Cl)cc(Cl)c3)c3nncn3n2)c1. The van der Waals surface area contributed by atoms with Gasteiger partial charge < -0.3 is 10.1 Å². The maximum absolute atomic E-state index is 12.7. The predicted octanol–water partition coefficient (Wildman–Crippen LogP) is 4.04. The average Bonchev–Trinajstić information content (AvgIpc) is 3.19. The second-order valence-electron chi connectivity index (χ2n) is 6.23. The van der Waals surface area contributed by atoms with Gasteiger partial charge in [0.2, 0.25) is 0 Å². The summed E-state index contributed by atoms with van der Waals surface area (Å²) in [5.41, 5.74) is 2.97. The highest BCUT2D eigenvalue weighted by Crippen LogP contribution is 2.29. The molecule has 0 aliphatic rings. The number of halogens is 2. The number of carbonyl (C=O) groups is 1. The van der Waals surface area contributed by atoms with E-state index in [4.69, 9.17) is 27.9 Å². The molecule has 0 unspecified atom stereocenters. The van der Waals surface area contributed by atoms with Crippen LogP contribution in [-0.2, 0) is 6.54 Å². The number of benzene rings is 2. The Kier molecular flexibility index (Phi) is 5.33. The molecule has 0 saturated heterocycles. The van der Waals surface area contributed by atoms with Crippen molar-refractivity contribution >= 4 is 34.8 Å². The van der Waals surface area contributed by atoms with E-state index in [0.717, 1.165) is 11.3 Å². The van der Waals surface area contributed by atoms with E-state index in [0.29, 0.717) is 33.4 Å². The van der Waals surface area contributed by atoms with Crippen molar-refractivity contribution in [2.24, 2.45) is 0 Å². The fourth-order valence-electron chi connectivity index (χ4n) is 2.91. The Morgan fingerprint density at radius 2 is 1.93 bits per heavy atom. The summed E-state index contributed by atoms with van der Waals surface area (Å²) < 4.78 is 6.65. The maximum atomic E-state index is 12.7. The fraction of sp³-hybridized carbons (Fsp3) is 0.100. The minimum absolute atomic E-state index is 0.214. The van der Waals surface area contributed by atoms with Crippen molar-refractivity contribution in [3.05, 3.63) is 76.2 Å². The van der Waals surface area contributed by atoms with Gasteiger partial charge in [0.05, 0.1) is 7.11 Å². The van der Waals surface area contributed by atoms with Gasteiger partial charge in [-0.2, -0.15) is 9.61 Å². The first kappa shape index (κ1) is 19.2. The van der Waals surface area contributed by atoms with Crippen molar-refractivity contribution in [2.45, 2.75) is 6.54 Å². The van der Waals surface area contributed by atoms with Gasteiger partial charge in [0, 0.05) is 22.2 Å². The van der Waals surface area contributed by atoms with Crippen molar-refractivity contribution in [3.8, 4) is 16.9 Å². The predicted molar refractivity (Wildman–Crippen MR) is 110 cm³/mol. The highest BCUT2D eigenvalue weighted by atomic mass is 35.5. The van der Waals surface area contributed by atoms with E-state index >= 15 is 0 Å². The minimum Gasteiger partial charge on any atom is -0.497 e. The smallest absolute Gasteiger partial charge is 0.272 e. The lowest BCUT2D eigenvalue weighted by molar-refractivity contribution is 0.0944. The van der Waals surface area contributed by atoms with Crippen LogP contribution in [0.1, 0.15) is 16.1 Å². The van der Waals surface area contributed by atoms with Gasteiger partial charge in [0.15, 0.2) is 5.65 Å². The van der Waals surface area contributed by atoms with E-state index in [1.165, 1.54) is 10.8 Å². The second-order valence-corrected chi connectivity index (χ2v) is 7.11. The molecule has 0 spiro atoms. The second kappa shape index (κ2) is 8.06. The Labute approximate surface area is 176 Å². The summed E-state index contributed by atoms with van der Waals surface area (Å²) >= 11 is 12.3. The Hall–Kier alpha value is -3.16. The molecule has 0 fully saturated rings. The van der Waals surface area contributed by atoms with Crippen LogP contribution >= 0.6 is 23.2 Å². The number of nitrogens with one attached hydrogen (secondary N) is 1. The van der Waals surface area contributed by atoms with Crippen molar-refractivity contribution < 1.29 is 9.53 Å². The highest BCUT2D eigenvalue weighted by molar-refractivity contribution is 6.35. The molecule has 0 bridgehead atoms. The number of amides is 1. The molecule has 4 aromatic rings. The first-order valence-corrected chi connectivity index (χ1v) is 9.38. The topological polar surface area (TPSA) is 81.4 Å². The number of ether oxygens (including phenoxy) is 1. The molecule has 1 amide bonds. The molecule has 2 aromatic heterocycles. The number of methoxy groups -OCH3 is 1. The molecular formula is C20H15Cl2N5O2. The van der Waals surface area contributed by atoms with E-state index in [9.17, 15) is 4.79 Å². The van der Waals surface area contributed by atoms with Crippen LogP contribution in [0.25, 0.3) is 16.8 Å². The van der Waals surface area contributed by atoms with Gasteiger partial charge in [0.25, 0.3) is 5.91 Å². The van der Waals surface area contributed by atoms with E-state index in [1.54, 1.807) is 31.4 Å². The van der Waals surface area contributed by atoms with E-state index in [2.05, 4.69) is 20.6 Å². The molecular weight excluding hydrogens is 413 g/mol. The number of hydrogen-bond donors (Lipinski definition) is 1. The molecule has 0 aliphatic heterocycles. The van der Waals surface area contributed by atoms with Gasteiger partial charge in [-0.05, 0) is 47.5 Å². The van der Waals surface area contributed by atoms with Crippen LogP contribution in [0, 0.1) is 0 Å². The van der Waals surface area contributed by atoms with Gasteiger partial charge in [-0.15, -0.1) is 10.2 Å². The molecule has 0 atom stereocenters. The van der Waals surface area contributed by atoms with Crippen LogP contribution in [0.5, 0.6) is 5.75 Å². The van der Waals surface area contributed by atoms with Crippen LogP contribution < -0.4 is 10.1 Å². The lowest BCUT2D eigenvalue weighted by atomic mass is 10.1. The van der Waals surface area contributed by atoms with Crippen molar-refractivity contribution in [2.75, 3.05) is 7.11 Å². The summed E-state index contributed by atoms with van der Waals surface area (Å²) in [7, 11) is 1.60. The van der Waals surface area contributed by atoms with Gasteiger partial charge in [-0.1, -0.05) is 35.3 Å². The monoisotopic (exact) mass is 427 g/mol. The quantitative estimate of drug-likeness (QED) is 0.519. The Morgan fingerprint density at radius 3 is 2.69 bits per heavy atom. The third-order valence-corrected chi connectivity index (χ3v) is 4.70.